The van der Waals surface area contributed by atoms with Crippen LogP contribution in [0.3, 0.4) is 0 Å². The van der Waals surface area contributed by atoms with E-state index in [4.69, 9.17) is 4.84 Å². The van der Waals surface area contributed by atoms with Crippen molar-refractivity contribution >= 4 is 37.9 Å². The van der Waals surface area contributed by atoms with Crippen LogP contribution in [-0.2, 0) is 21.5 Å². The van der Waals surface area contributed by atoms with E-state index in [1.807, 2.05) is 4.57 Å². The van der Waals surface area contributed by atoms with Gasteiger partial charge in [-0.1, -0.05) is 18.6 Å². The second kappa shape index (κ2) is 9.20. The van der Waals surface area contributed by atoms with Crippen molar-refractivity contribution in [2.75, 3.05) is 0 Å². The van der Waals surface area contributed by atoms with Crippen molar-refractivity contribution in [3.8, 4) is 11.8 Å². The van der Waals surface area contributed by atoms with Crippen molar-refractivity contribution in [2.45, 2.75) is 37.1 Å². The number of unbranched alkanes of at least 4 members (excludes halogenated alkanes) is 2. The number of aromatic hydroxyl groups is 2. The highest BCUT2D eigenvalue weighted by atomic mass is 32.2. The van der Waals surface area contributed by atoms with Crippen LogP contribution in [0.15, 0.2) is 64.3 Å². The molecule has 0 aliphatic carbocycles. The zero-order valence-electron chi connectivity index (χ0n) is 17.9. The maximum absolute atomic E-state index is 13.0. The molecule has 0 amide bonds. The molecule has 0 spiro atoms. The summed E-state index contributed by atoms with van der Waals surface area (Å²) in [5.41, 5.74) is 0.901. The molecule has 2 heterocycles. The van der Waals surface area contributed by atoms with E-state index in [1.54, 1.807) is 24.3 Å². The molecule has 34 heavy (non-hydrogen) atoms. The van der Waals surface area contributed by atoms with Crippen molar-refractivity contribution in [3.05, 3.63) is 64.8 Å². The zero-order valence-corrected chi connectivity index (χ0v) is 18.7. The number of fused-ring (bicyclic) bond motifs is 2. The molecule has 0 atom stereocenters. The number of aryl methyl sites for hydroxylation is 1. The summed E-state index contributed by atoms with van der Waals surface area (Å²) in [6.07, 6.45) is 1.85. The zero-order chi connectivity index (χ0) is 24.5. The summed E-state index contributed by atoms with van der Waals surface area (Å²) < 4.78 is 35.0. The lowest BCUT2D eigenvalue weighted by Gasteiger charge is -2.15. The van der Waals surface area contributed by atoms with Crippen molar-refractivity contribution in [2.24, 2.45) is 0 Å². The van der Waals surface area contributed by atoms with Crippen molar-refractivity contribution < 1.29 is 32.8 Å². The first-order chi connectivity index (χ1) is 16.2. The number of rotatable bonds is 8. The molecule has 0 aliphatic rings. The average molecular weight is 487 g/mol. The van der Waals surface area contributed by atoms with Gasteiger partial charge in [-0.05, 0) is 43.2 Å². The van der Waals surface area contributed by atoms with Crippen LogP contribution in [0, 0.1) is 0 Å². The first-order valence-corrected chi connectivity index (χ1v) is 11.9. The molecular weight excluding hydrogens is 464 g/mol. The smallest absolute Gasteiger partial charge is 0.333 e. The lowest BCUT2D eigenvalue weighted by atomic mass is 10.1. The second-order valence-corrected chi connectivity index (χ2v) is 9.19. The van der Waals surface area contributed by atoms with Gasteiger partial charge in [0.2, 0.25) is 11.8 Å². The molecule has 4 aromatic rings. The minimum Gasteiger partial charge on any atom is -0.492 e. The summed E-state index contributed by atoms with van der Waals surface area (Å²) in [6, 6.07) is 13.3. The molecule has 0 radical (unpaired) electrons. The lowest BCUT2D eigenvalue weighted by Crippen LogP contribution is -2.18. The third-order valence-corrected chi connectivity index (χ3v) is 6.34. The molecule has 0 saturated heterocycles. The predicted octanol–water partition coefficient (Wildman–Crippen LogP) is 2.83. The summed E-state index contributed by atoms with van der Waals surface area (Å²) in [7, 11) is -4.46. The summed E-state index contributed by atoms with van der Waals surface area (Å²) in [4.78, 5) is 29.5. The Bertz CT molecular complexity index is 1530. The Morgan fingerprint density at radius 3 is 2.26 bits per heavy atom. The van der Waals surface area contributed by atoms with Crippen molar-refractivity contribution in [3.63, 3.8) is 0 Å². The number of nitrogens with zero attached hydrogens (tertiary/aromatic N) is 2. The van der Waals surface area contributed by atoms with Gasteiger partial charge in [-0.25, -0.2) is 4.79 Å². The first-order valence-electron chi connectivity index (χ1n) is 10.5. The number of benzene rings is 2. The van der Waals surface area contributed by atoms with E-state index in [2.05, 4.69) is 0 Å². The van der Waals surface area contributed by atoms with Crippen LogP contribution in [0.1, 0.15) is 25.7 Å². The molecule has 4 rings (SSSR count). The van der Waals surface area contributed by atoms with Gasteiger partial charge >= 0.3 is 5.97 Å². The van der Waals surface area contributed by atoms with E-state index >= 15 is 0 Å². The minimum absolute atomic E-state index is 0.0699. The fourth-order valence-electron chi connectivity index (χ4n) is 3.87. The number of aromatic nitrogens is 2. The SMILES string of the molecule is O=C(CCCCCn1c2ccccc2c(=O)c2cc(S(=O)(=O)O)ccc21)On1c(O)ccc1O. The highest BCUT2D eigenvalue weighted by molar-refractivity contribution is 7.85. The summed E-state index contributed by atoms with van der Waals surface area (Å²) in [6.45, 7) is 0.497. The molecule has 11 heteroatoms. The molecule has 178 valence electrons. The molecule has 0 aliphatic heterocycles. The molecule has 2 aromatic heterocycles. The molecule has 0 bridgehead atoms. The number of pyridine rings is 1. The number of para-hydroxylation sites is 1. The normalized spacial score (nSPS) is 11.8. The lowest BCUT2D eigenvalue weighted by molar-refractivity contribution is -0.145. The van der Waals surface area contributed by atoms with E-state index in [1.165, 1.54) is 30.3 Å². The molecule has 3 N–H and O–H groups in total. The molecule has 10 nitrogen and oxygen atoms in total. The molecular formula is C23H22N2O8S. The Balaban J connectivity index is 1.50. The van der Waals surface area contributed by atoms with E-state index < -0.39 is 16.1 Å². The average Bonchev–Trinajstić information content (AvgIpc) is 3.12. The van der Waals surface area contributed by atoms with Gasteiger partial charge < -0.3 is 19.6 Å². The van der Waals surface area contributed by atoms with E-state index in [9.17, 15) is 32.8 Å². The van der Waals surface area contributed by atoms with Crippen LogP contribution in [0.5, 0.6) is 11.8 Å². The maximum Gasteiger partial charge on any atom is 0.333 e. The molecule has 0 saturated carbocycles. The van der Waals surface area contributed by atoms with Gasteiger partial charge in [0.05, 0.1) is 15.9 Å². The van der Waals surface area contributed by atoms with E-state index in [0.717, 1.165) is 0 Å². The van der Waals surface area contributed by atoms with Crippen molar-refractivity contribution in [1.29, 1.82) is 0 Å². The van der Waals surface area contributed by atoms with Gasteiger partial charge in [0.25, 0.3) is 10.1 Å². The van der Waals surface area contributed by atoms with E-state index in [0.29, 0.717) is 47.0 Å². The first kappa shape index (κ1) is 23.3. The number of hydrogen-bond acceptors (Lipinski definition) is 7. The van der Waals surface area contributed by atoms with Crippen LogP contribution >= 0.6 is 0 Å². The molecule has 0 fully saturated rings. The summed E-state index contributed by atoms with van der Waals surface area (Å²) in [5, 5.41) is 19.7. The molecule has 2 aromatic carbocycles. The molecule has 0 unspecified atom stereocenters. The minimum atomic E-state index is -4.46. The number of carbonyl (C=O) groups is 1. The highest BCUT2D eigenvalue weighted by Gasteiger charge is 2.16. The Hall–Kier alpha value is -3.83. The van der Waals surface area contributed by atoms with Crippen LogP contribution < -0.4 is 10.3 Å². The topological polar surface area (TPSA) is 148 Å². The maximum atomic E-state index is 13.0. The Morgan fingerprint density at radius 1 is 0.882 bits per heavy atom. The second-order valence-electron chi connectivity index (χ2n) is 7.77. The van der Waals surface area contributed by atoms with Crippen LogP contribution in [0.2, 0.25) is 0 Å². The van der Waals surface area contributed by atoms with Gasteiger partial charge in [0.1, 0.15) is 0 Å². The van der Waals surface area contributed by atoms with E-state index in [-0.39, 0.29) is 33.9 Å². The van der Waals surface area contributed by atoms with Crippen LogP contribution in [-0.4, -0.2) is 38.5 Å². The third-order valence-electron chi connectivity index (χ3n) is 5.49. The fraction of sp³-hybridized carbons (Fsp3) is 0.217. The third kappa shape index (κ3) is 4.61. The Morgan fingerprint density at radius 2 is 1.56 bits per heavy atom. The van der Waals surface area contributed by atoms with Crippen LogP contribution in [0.25, 0.3) is 21.8 Å². The Kier molecular flexibility index (Phi) is 6.31. The Labute approximate surface area is 193 Å². The van der Waals surface area contributed by atoms with Gasteiger partial charge in [0.15, 0.2) is 5.43 Å². The number of carbonyl (C=O) groups excluding carboxylic acids is 1. The van der Waals surface area contributed by atoms with Crippen molar-refractivity contribution in [1.82, 2.24) is 9.30 Å². The number of hydrogen-bond donors (Lipinski definition) is 3. The van der Waals surface area contributed by atoms with Crippen LogP contribution in [0.4, 0.5) is 0 Å². The quantitative estimate of drug-likeness (QED) is 0.196. The fourth-order valence-corrected chi connectivity index (χ4v) is 4.38. The highest BCUT2D eigenvalue weighted by Crippen LogP contribution is 2.23. The van der Waals surface area contributed by atoms with Gasteiger partial charge in [-0.2, -0.15) is 8.42 Å². The summed E-state index contributed by atoms with van der Waals surface area (Å²) >= 11 is 0. The summed E-state index contributed by atoms with van der Waals surface area (Å²) in [5.74, 6) is -1.39. The standard InChI is InChI=1S/C23H22N2O8S/c26-20-11-12-21(27)25(20)33-22(28)8-2-1-5-13-24-18-7-4-3-6-16(18)23(29)17-14-15(34(30,31)32)9-10-19(17)24/h3-4,6-7,9-12,14,26-27H,1-2,5,8,13H2,(H,30,31,32). The monoisotopic (exact) mass is 486 g/mol. The van der Waals surface area contributed by atoms with Gasteiger partial charge in [-0.15, -0.1) is 4.73 Å². The predicted molar refractivity (Wildman–Crippen MR) is 123 cm³/mol. The van der Waals surface area contributed by atoms with Gasteiger partial charge in [0, 0.05) is 35.9 Å². The van der Waals surface area contributed by atoms with Gasteiger partial charge in [-0.3, -0.25) is 9.35 Å². The largest absolute Gasteiger partial charge is 0.492 e.